The van der Waals surface area contributed by atoms with Crippen molar-refractivity contribution in [2.75, 3.05) is 26.5 Å². The number of carbonyl (C=O) groups excluding carboxylic acids is 4. The highest BCUT2D eigenvalue weighted by molar-refractivity contribution is 7.58. The van der Waals surface area contributed by atoms with Gasteiger partial charge in [-0.2, -0.15) is 0 Å². The van der Waals surface area contributed by atoms with Crippen LogP contribution in [0.5, 0.6) is 0 Å². The number of alkyl carbamates (subject to hydrolysis) is 1. The molecule has 10 nitrogen and oxygen atoms in total. The first-order valence-corrected chi connectivity index (χ1v) is 17.9. The average molecular weight is 684 g/mol. The predicted molar refractivity (Wildman–Crippen MR) is 183 cm³/mol. The quantitative estimate of drug-likeness (QED) is 0.0633. The first-order chi connectivity index (χ1) is 23.7. The Bertz CT molecular complexity index is 1780. The van der Waals surface area contributed by atoms with Crippen LogP contribution in [0.1, 0.15) is 45.8 Å². The molecular formula is C38H38NO9P. The van der Waals surface area contributed by atoms with Crippen LogP contribution in [-0.2, 0) is 34.8 Å². The van der Waals surface area contributed by atoms with Crippen LogP contribution in [0.4, 0.5) is 4.79 Å². The van der Waals surface area contributed by atoms with E-state index < -0.39 is 55.7 Å². The van der Waals surface area contributed by atoms with E-state index in [1.54, 1.807) is 60.7 Å². The van der Waals surface area contributed by atoms with Crippen LogP contribution in [0.25, 0.3) is 11.1 Å². The third-order valence-electron chi connectivity index (χ3n) is 8.55. The fourth-order valence-corrected chi connectivity index (χ4v) is 8.04. The van der Waals surface area contributed by atoms with Gasteiger partial charge in [-0.3, -0.25) is 18.9 Å². The van der Waals surface area contributed by atoms with E-state index in [4.69, 9.17) is 14.2 Å². The Morgan fingerprint density at radius 1 is 0.796 bits per heavy atom. The summed E-state index contributed by atoms with van der Waals surface area (Å²) in [5.41, 5.74) is 5.15. The molecule has 49 heavy (non-hydrogen) atoms. The fraction of sp³-hybridized carbons (Fsp3) is 0.263. The molecule has 1 aliphatic carbocycles. The lowest BCUT2D eigenvalue weighted by Gasteiger charge is -2.27. The minimum atomic E-state index is -4.44. The highest BCUT2D eigenvalue weighted by atomic mass is 31.2. The molecule has 2 N–H and O–H groups in total. The zero-order valence-corrected chi connectivity index (χ0v) is 27.9. The largest absolute Gasteiger partial charge is 0.469 e. The van der Waals surface area contributed by atoms with Gasteiger partial charge in [-0.15, -0.1) is 0 Å². The smallest absolute Gasteiger partial charge is 0.407 e. The SMILES string of the molecule is COC(=O)CCC(NC(=O)OCC1c2ccccc2-c2ccccc21)P(=O)(O)CC(Cc1ccccc1)C(=O)OCC(=O)c1ccccc1. The number of nitrogens with one attached hydrogen (secondary N) is 1. The van der Waals surface area contributed by atoms with Gasteiger partial charge in [0.15, 0.2) is 12.4 Å². The number of fused-ring (bicyclic) bond motifs is 3. The molecule has 11 heteroatoms. The van der Waals surface area contributed by atoms with Gasteiger partial charge >= 0.3 is 18.0 Å². The van der Waals surface area contributed by atoms with Crippen molar-refractivity contribution in [2.45, 2.75) is 31.0 Å². The topological polar surface area (TPSA) is 145 Å². The minimum absolute atomic E-state index is 0.0300. The second-order valence-electron chi connectivity index (χ2n) is 11.8. The van der Waals surface area contributed by atoms with E-state index in [9.17, 15) is 28.6 Å². The first-order valence-electron chi connectivity index (χ1n) is 15.9. The van der Waals surface area contributed by atoms with Gasteiger partial charge in [-0.25, -0.2) is 4.79 Å². The van der Waals surface area contributed by atoms with E-state index >= 15 is 0 Å². The standard InChI is InChI=1S/C38H38NO9P/c1-46-36(41)21-20-35(39-38(43)48-23-33-31-18-10-8-16-29(31)30-17-9-11-19-32(30)33)49(44,45)25-28(22-26-12-4-2-5-13-26)37(42)47-24-34(40)27-14-6-3-7-15-27/h2-19,28,33,35H,20-25H2,1H3,(H,39,43)(H,44,45). The maximum Gasteiger partial charge on any atom is 0.407 e. The molecule has 4 aromatic rings. The predicted octanol–water partition coefficient (Wildman–Crippen LogP) is 6.36. The van der Waals surface area contributed by atoms with Crippen LogP contribution in [0, 0.1) is 5.92 Å². The number of rotatable bonds is 15. The third-order valence-corrected chi connectivity index (χ3v) is 10.9. The second kappa shape index (κ2) is 16.4. The number of amides is 1. The van der Waals surface area contributed by atoms with Gasteiger partial charge in [-0.1, -0.05) is 109 Å². The van der Waals surface area contributed by atoms with Crippen molar-refractivity contribution in [1.29, 1.82) is 0 Å². The second-order valence-corrected chi connectivity index (χ2v) is 14.3. The Balaban J connectivity index is 1.30. The van der Waals surface area contributed by atoms with Crippen molar-refractivity contribution >= 4 is 31.2 Å². The summed E-state index contributed by atoms with van der Waals surface area (Å²) in [6.07, 6.45) is -2.01. The molecule has 4 aromatic carbocycles. The summed E-state index contributed by atoms with van der Waals surface area (Å²) in [4.78, 5) is 62.7. The lowest BCUT2D eigenvalue weighted by atomic mass is 9.98. The van der Waals surface area contributed by atoms with Crippen LogP contribution in [-0.4, -0.2) is 61.0 Å². The Morgan fingerprint density at radius 2 is 1.37 bits per heavy atom. The molecule has 0 aliphatic heterocycles. The van der Waals surface area contributed by atoms with Crippen molar-refractivity contribution in [3.8, 4) is 11.1 Å². The van der Waals surface area contributed by atoms with Gasteiger partial charge in [0.05, 0.1) is 13.0 Å². The molecule has 0 fully saturated rings. The Labute approximate surface area is 284 Å². The van der Waals surface area contributed by atoms with E-state index in [1.165, 1.54) is 7.11 Å². The molecular weight excluding hydrogens is 645 g/mol. The van der Waals surface area contributed by atoms with Gasteiger partial charge in [0.25, 0.3) is 0 Å². The monoisotopic (exact) mass is 683 g/mol. The molecule has 0 aromatic heterocycles. The van der Waals surface area contributed by atoms with Gasteiger partial charge < -0.3 is 24.4 Å². The Morgan fingerprint density at radius 3 is 1.98 bits per heavy atom. The maximum absolute atomic E-state index is 14.1. The lowest BCUT2D eigenvalue weighted by Crippen LogP contribution is -2.38. The number of esters is 2. The number of carbonyl (C=O) groups is 4. The van der Waals surface area contributed by atoms with E-state index in [0.29, 0.717) is 11.1 Å². The molecule has 0 saturated carbocycles. The molecule has 3 unspecified atom stereocenters. The number of benzene rings is 4. The lowest BCUT2D eigenvalue weighted by molar-refractivity contribution is -0.146. The molecule has 3 atom stereocenters. The van der Waals surface area contributed by atoms with Crippen molar-refractivity contribution in [3.63, 3.8) is 0 Å². The number of ketones is 1. The van der Waals surface area contributed by atoms with Gasteiger partial charge in [0, 0.05) is 24.1 Å². The van der Waals surface area contributed by atoms with Crippen LogP contribution < -0.4 is 5.32 Å². The fourth-order valence-electron chi connectivity index (χ4n) is 6.03. The molecule has 0 saturated heterocycles. The Kier molecular flexibility index (Phi) is 11.8. The maximum atomic E-state index is 14.1. The van der Waals surface area contributed by atoms with Crippen LogP contribution in [0.3, 0.4) is 0 Å². The van der Waals surface area contributed by atoms with Crippen molar-refractivity contribution in [1.82, 2.24) is 5.32 Å². The molecule has 1 aliphatic rings. The summed E-state index contributed by atoms with van der Waals surface area (Å²) in [5, 5.41) is 2.50. The highest BCUT2D eigenvalue weighted by Gasteiger charge is 2.39. The summed E-state index contributed by atoms with van der Waals surface area (Å²) in [5.74, 6) is -4.73. The van der Waals surface area contributed by atoms with E-state index in [2.05, 4.69) is 5.32 Å². The van der Waals surface area contributed by atoms with E-state index in [-0.39, 0.29) is 31.8 Å². The Hall–Kier alpha value is -5.05. The normalized spacial score (nSPS) is 14.3. The summed E-state index contributed by atoms with van der Waals surface area (Å²) in [6.45, 7) is -0.578. The zero-order valence-electron chi connectivity index (χ0n) is 27.0. The average Bonchev–Trinajstić information content (AvgIpc) is 3.44. The summed E-state index contributed by atoms with van der Waals surface area (Å²) in [6, 6.07) is 32.9. The summed E-state index contributed by atoms with van der Waals surface area (Å²) >= 11 is 0. The molecule has 254 valence electrons. The number of methoxy groups -OCH3 is 1. The number of ether oxygens (including phenoxy) is 3. The van der Waals surface area contributed by atoms with Crippen LogP contribution >= 0.6 is 7.37 Å². The van der Waals surface area contributed by atoms with Crippen molar-refractivity contribution in [3.05, 3.63) is 131 Å². The molecule has 0 spiro atoms. The third kappa shape index (κ3) is 9.10. The number of hydrogen-bond donors (Lipinski definition) is 2. The highest BCUT2D eigenvalue weighted by Crippen LogP contribution is 2.49. The first kappa shape index (κ1) is 35.3. The number of Topliss-reactive ketones (excluding diaryl/α,β-unsaturated/α-hetero) is 1. The van der Waals surface area contributed by atoms with Gasteiger partial charge in [0.1, 0.15) is 12.4 Å². The molecule has 1 amide bonds. The van der Waals surface area contributed by atoms with E-state index in [1.807, 2.05) is 48.5 Å². The van der Waals surface area contributed by atoms with Crippen molar-refractivity contribution < 1.29 is 42.8 Å². The molecule has 5 rings (SSSR count). The van der Waals surface area contributed by atoms with Gasteiger partial charge in [-0.05, 0) is 40.7 Å². The van der Waals surface area contributed by atoms with E-state index in [0.717, 1.165) is 22.3 Å². The minimum Gasteiger partial charge on any atom is -0.469 e. The number of hydrogen-bond acceptors (Lipinski definition) is 8. The van der Waals surface area contributed by atoms with Gasteiger partial charge in [0.2, 0.25) is 7.37 Å². The molecule has 0 heterocycles. The van der Waals surface area contributed by atoms with Crippen molar-refractivity contribution in [2.24, 2.45) is 5.92 Å². The summed E-state index contributed by atoms with van der Waals surface area (Å²) in [7, 11) is -3.24. The molecule has 0 radical (unpaired) electrons. The summed E-state index contributed by atoms with van der Waals surface area (Å²) < 4.78 is 29.8. The molecule has 0 bridgehead atoms. The van der Waals surface area contributed by atoms with Crippen LogP contribution in [0.15, 0.2) is 109 Å². The zero-order chi connectivity index (χ0) is 34.8. The van der Waals surface area contributed by atoms with Crippen LogP contribution in [0.2, 0.25) is 0 Å².